The quantitative estimate of drug-likeness (QED) is 0.267. The molecule has 5 aromatic carbocycles. The van der Waals surface area contributed by atoms with E-state index in [2.05, 4.69) is 147 Å². The van der Waals surface area contributed by atoms with Crippen LogP contribution in [0.15, 0.2) is 121 Å². The number of hydrogen-bond donors (Lipinski definition) is 0. The molecule has 34 heavy (non-hydrogen) atoms. The van der Waals surface area contributed by atoms with Gasteiger partial charge in [-0.05, 0) is 67.9 Å². The normalized spacial score (nSPS) is 9.91. The Bertz CT molecular complexity index is 1250. The van der Waals surface area contributed by atoms with Gasteiger partial charge in [0, 0.05) is 17.1 Å². The molecule has 0 aliphatic rings. The van der Waals surface area contributed by atoms with Crippen molar-refractivity contribution in [3.8, 4) is 0 Å². The van der Waals surface area contributed by atoms with Crippen molar-refractivity contribution in [2.75, 3.05) is 4.90 Å². The molecule has 0 spiro atoms. The fourth-order valence-corrected chi connectivity index (χ4v) is 3.67. The molecule has 0 radical (unpaired) electrons. The summed E-state index contributed by atoms with van der Waals surface area (Å²) in [7, 11) is 0. The number of benzene rings is 5. The number of anilines is 3. The highest BCUT2D eigenvalue weighted by molar-refractivity contribution is 5.89. The van der Waals surface area contributed by atoms with Crippen LogP contribution in [0.1, 0.15) is 30.5 Å². The number of nitrogens with zero attached hydrogens (tertiary/aromatic N) is 1. The summed E-state index contributed by atoms with van der Waals surface area (Å²) in [6.07, 6.45) is 0. The van der Waals surface area contributed by atoms with Crippen molar-refractivity contribution in [2.24, 2.45) is 0 Å². The van der Waals surface area contributed by atoms with Crippen LogP contribution in [0.5, 0.6) is 0 Å². The zero-order valence-corrected chi connectivity index (χ0v) is 21.0. The van der Waals surface area contributed by atoms with Crippen LogP contribution in [0, 0.1) is 20.8 Å². The maximum absolute atomic E-state index is 2.30. The molecule has 5 rings (SSSR count). The van der Waals surface area contributed by atoms with Gasteiger partial charge in [-0.2, -0.15) is 0 Å². The zero-order valence-electron chi connectivity index (χ0n) is 21.0. The van der Waals surface area contributed by atoms with Gasteiger partial charge in [0.25, 0.3) is 0 Å². The Balaban J connectivity index is 0.000000274. The second-order valence-corrected chi connectivity index (χ2v) is 8.19. The standard InChI is InChI=1S/C23H19N.C8H10.C2H6/c1-18-11-14-22(15-12-18)24(21-9-3-2-4-10-21)23-16-13-19-7-5-6-8-20(19)17-23;1-7-3-5-8(2)6-4-7;1-2/h2-17H,1H3;3-6H,1-2H3;1-2H3. The molecule has 0 amide bonds. The minimum Gasteiger partial charge on any atom is -0.310 e. The Morgan fingerprint density at radius 2 is 0.794 bits per heavy atom. The van der Waals surface area contributed by atoms with Crippen LogP contribution in [-0.4, -0.2) is 0 Å². The van der Waals surface area contributed by atoms with E-state index in [0.29, 0.717) is 0 Å². The molecule has 0 aliphatic carbocycles. The zero-order chi connectivity index (χ0) is 24.3. The van der Waals surface area contributed by atoms with Crippen molar-refractivity contribution in [3.63, 3.8) is 0 Å². The summed E-state index contributed by atoms with van der Waals surface area (Å²) >= 11 is 0. The molecule has 1 nitrogen and oxygen atoms in total. The van der Waals surface area contributed by atoms with Crippen molar-refractivity contribution < 1.29 is 0 Å². The molecule has 0 N–H and O–H groups in total. The fourth-order valence-electron chi connectivity index (χ4n) is 3.67. The van der Waals surface area contributed by atoms with Gasteiger partial charge in [0.15, 0.2) is 0 Å². The molecule has 5 aromatic rings. The molecule has 0 atom stereocenters. The molecule has 0 aliphatic heterocycles. The number of aryl methyl sites for hydroxylation is 3. The molecule has 0 unspecified atom stereocenters. The van der Waals surface area contributed by atoms with Crippen molar-refractivity contribution >= 4 is 27.8 Å². The lowest BCUT2D eigenvalue weighted by molar-refractivity contribution is 1.28. The predicted molar refractivity (Wildman–Crippen MR) is 151 cm³/mol. The third-order valence-corrected chi connectivity index (χ3v) is 5.52. The first-order chi connectivity index (χ1) is 16.6. The molecule has 0 bridgehead atoms. The Labute approximate surface area is 205 Å². The Hall–Kier alpha value is -3.84. The maximum atomic E-state index is 2.30. The molecule has 0 saturated carbocycles. The van der Waals surface area contributed by atoms with E-state index in [1.807, 2.05) is 13.8 Å². The lowest BCUT2D eigenvalue weighted by Gasteiger charge is -2.25. The number of rotatable bonds is 3. The van der Waals surface area contributed by atoms with Crippen LogP contribution < -0.4 is 4.90 Å². The van der Waals surface area contributed by atoms with Crippen LogP contribution in [0.4, 0.5) is 17.1 Å². The van der Waals surface area contributed by atoms with Crippen molar-refractivity contribution in [1.82, 2.24) is 0 Å². The molecular formula is C33H35N. The highest BCUT2D eigenvalue weighted by Gasteiger charge is 2.12. The molecule has 172 valence electrons. The Morgan fingerprint density at radius 1 is 0.382 bits per heavy atom. The summed E-state index contributed by atoms with van der Waals surface area (Å²) in [4.78, 5) is 2.30. The van der Waals surface area contributed by atoms with E-state index in [9.17, 15) is 0 Å². The highest BCUT2D eigenvalue weighted by Crippen LogP contribution is 2.35. The van der Waals surface area contributed by atoms with Gasteiger partial charge in [-0.25, -0.2) is 0 Å². The SMILES string of the molecule is CC.Cc1ccc(C)cc1.Cc1ccc(N(c2ccccc2)c2ccc3ccccc3c2)cc1. The van der Waals surface area contributed by atoms with Crippen molar-refractivity contribution in [1.29, 1.82) is 0 Å². The van der Waals surface area contributed by atoms with Crippen LogP contribution >= 0.6 is 0 Å². The van der Waals surface area contributed by atoms with E-state index in [0.717, 1.165) is 5.69 Å². The van der Waals surface area contributed by atoms with E-state index >= 15 is 0 Å². The number of fused-ring (bicyclic) bond motifs is 1. The lowest BCUT2D eigenvalue weighted by Crippen LogP contribution is -2.09. The molecule has 1 heteroatoms. The van der Waals surface area contributed by atoms with Gasteiger partial charge in [0.1, 0.15) is 0 Å². The molecule has 0 heterocycles. The van der Waals surface area contributed by atoms with Gasteiger partial charge in [0.05, 0.1) is 0 Å². The summed E-state index contributed by atoms with van der Waals surface area (Å²) in [5, 5.41) is 2.52. The Kier molecular flexibility index (Phi) is 9.05. The highest BCUT2D eigenvalue weighted by atomic mass is 15.1. The third kappa shape index (κ3) is 6.59. The van der Waals surface area contributed by atoms with Crippen molar-refractivity contribution in [3.05, 3.63) is 138 Å². The van der Waals surface area contributed by atoms with E-state index in [1.165, 1.54) is 38.8 Å². The van der Waals surface area contributed by atoms with Crippen LogP contribution in [-0.2, 0) is 0 Å². The second-order valence-electron chi connectivity index (χ2n) is 8.19. The van der Waals surface area contributed by atoms with Crippen LogP contribution in [0.25, 0.3) is 10.8 Å². The largest absolute Gasteiger partial charge is 0.310 e. The van der Waals surface area contributed by atoms with E-state index in [-0.39, 0.29) is 0 Å². The maximum Gasteiger partial charge on any atom is 0.0468 e. The van der Waals surface area contributed by atoms with Crippen LogP contribution in [0.3, 0.4) is 0 Å². The molecule has 0 saturated heterocycles. The first-order valence-corrected chi connectivity index (χ1v) is 12.0. The summed E-state index contributed by atoms with van der Waals surface area (Å²) in [5.41, 5.74) is 7.43. The molecule has 0 fully saturated rings. The number of para-hydroxylation sites is 1. The van der Waals surface area contributed by atoms with Gasteiger partial charge in [-0.15, -0.1) is 0 Å². The van der Waals surface area contributed by atoms with E-state index < -0.39 is 0 Å². The summed E-state index contributed by atoms with van der Waals surface area (Å²) in [6, 6.07) is 42.8. The molecule has 0 aromatic heterocycles. The van der Waals surface area contributed by atoms with Gasteiger partial charge in [-0.1, -0.05) is 115 Å². The van der Waals surface area contributed by atoms with Gasteiger partial charge in [0.2, 0.25) is 0 Å². The van der Waals surface area contributed by atoms with Gasteiger partial charge in [-0.3, -0.25) is 0 Å². The predicted octanol–water partition coefficient (Wildman–Crippen LogP) is 9.95. The lowest BCUT2D eigenvalue weighted by atomic mass is 10.1. The average molecular weight is 446 g/mol. The van der Waals surface area contributed by atoms with E-state index in [4.69, 9.17) is 0 Å². The monoisotopic (exact) mass is 445 g/mol. The van der Waals surface area contributed by atoms with Crippen molar-refractivity contribution in [2.45, 2.75) is 34.6 Å². The van der Waals surface area contributed by atoms with Gasteiger partial charge >= 0.3 is 0 Å². The first-order valence-electron chi connectivity index (χ1n) is 12.0. The smallest absolute Gasteiger partial charge is 0.0468 e. The minimum atomic E-state index is 1.16. The topological polar surface area (TPSA) is 3.24 Å². The number of hydrogen-bond acceptors (Lipinski definition) is 1. The average Bonchev–Trinajstić information content (AvgIpc) is 2.89. The second kappa shape index (κ2) is 12.4. The summed E-state index contributed by atoms with van der Waals surface area (Å²) in [6.45, 7) is 10.3. The fraction of sp³-hybridized carbons (Fsp3) is 0.152. The Morgan fingerprint density at radius 3 is 1.35 bits per heavy atom. The van der Waals surface area contributed by atoms with Gasteiger partial charge < -0.3 is 4.90 Å². The minimum absolute atomic E-state index is 1.16. The molecular weight excluding hydrogens is 410 g/mol. The van der Waals surface area contributed by atoms with Crippen LogP contribution in [0.2, 0.25) is 0 Å². The summed E-state index contributed by atoms with van der Waals surface area (Å²) in [5.74, 6) is 0. The summed E-state index contributed by atoms with van der Waals surface area (Å²) < 4.78 is 0. The first kappa shape index (κ1) is 24.8. The third-order valence-electron chi connectivity index (χ3n) is 5.52. The van der Waals surface area contributed by atoms with E-state index in [1.54, 1.807) is 0 Å².